The zero-order chi connectivity index (χ0) is 19.7. The summed E-state index contributed by atoms with van der Waals surface area (Å²) in [5, 5.41) is 0. The van der Waals surface area contributed by atoms with Crippen LogP contribution in [0, 0.1) is 0 Å². The molecule has 0 unspecified atom stereocenters. The van der Waals surface area contributed by atoms with Gasteiger partial charge >= 0.3 is 5.97 Å². The fourth-order valence-electron chi connectivity index (χ4n) is 1.73. The molecule has 0 bridgehead atoms. The van der Waals surface area contributed by atoms with Gasteiger partial charge in [-0.1, -0.05) is 35.5 Å². The summed E-state index contributed by atoms with van der Waals surface area (Å²) in [7, 11) is 0. The van der Waals surface area contributed by atoms with E-state index in [1.54, 1.807) is 6.92 Å². The van der Waals surface area contributed by atoms with Gasteiger partial charge in [0.15, 0.2) is 0 Å². The van der Waals surface area contributed by atoms with Gasteiger partial charge in [0.2, 0.25) is 0 Å². The van der Waals surface area contributed by atoms with E-state index in [9.17, 15) is 9.59 Å². The highest BCUT2D eigenvalue weighted by Crippen LogP contribution is 2.03. The van der Waals surface area contributed by atoms with Crippen LogP contribution in [-0.4, -0.2) is 18.9 Å². The fourth-order valence-corrected chi connectivity index (χ4v) is 1.73. The van der Waals surface area contributed by atoms with E-state index in [0.29, 0.717) is 12.2 Å². The molecule has 0 spiro atoms. The Morgan fingerprint density at radius 1 is 0.760 bits per heavy atom. The average molecular weight is 349 g/mol. The molecule has 3 heteroatoms. The average Bonchev–Trinajstić information content (AvgIpc) is 2.55. The lowest BCUT2D eigenvalue weighted by molar-refractivity contribution is -0.138. The van der Waals surface area contributed by atoms with Gasteiger partial charge in [-0.25, -0.2) is 4.79 Å². The molecule has 0 fully saturated rings. The molecule has 0 saturated heterocycles. The molecule has 25 heavy (non-hydrogen) atoms. The Kier molecular flexibility index (Phi) is 17.2. The molecule has 142 valence electrons. The van der Waals surface area contributed by atoms with Crippen molar-refractivity contribution in [3.05, 3.63) is 46.6 Å². The van der Waals surface area contributed by atoms with Crippen LogP contribution >= 0.6 is 0 Å². The van der Waals surface area contributed by atoms with E-state index >= 15 is 0 Å². The lowest BCUT2D eigenvalue weighted by Gasteiger charge is -2.00. The predicted molar refractivity (Wildman–Crippen MR) is 108 cm³/mol. The van der Waals surface area contributed by atoms with E-state index in [1.807, 2.05) is 26.0 Å². The zero-order valence-electron chi connectivity index (χ0n) is 17.1. The van der Waals surface area contributed by atoms with Crippen molar-refractivity contribution in [1.82, 2.24) is 0 Å². The van der Waals surface area contributed by atoms with Crippen molar-refractivity contribution in [2.24, 2.45) is 0 Å². The standard InChI is InChI=1S/C12H20O2.C10H16O/c1-5-14-12(13)11(4)9-7-6-8-10(2)3;1-9(2)6-4-5-7-10(3)8-11/h8-9H,5-7H2,1-4H3;6-8H,4-5H2,1-3H3/b11-9-;10-7-. The summed E-state index contributed by atoms with van der Waals surface area (Å²) in [6.45, 7) is 14.2. The van der Waals surface area contributed by atoms with Gasteiger partial charge in [-0.3, -0.25) is 4.79 Å². The van der Waals surface area contributed by atoms with Crippen molar-refractivity contribution >= 4 is 12.3 Å². The molecule has 0 radical (unpaired) electrons. The normalized spacial score (nSPS) is 11.0. The Morgan fingerprint density at radius 2 is 1.20 bits per heavy atom. The Balaban J connectivity index is 0. The third kappa shape index (κ3) is 20.1. The third-order valence-electron chi connectivity index (χ3n) is 3.14. The number of carbonyl (C=O) groups excluding carboxylic acids is 2. The van der Waals surface area contributed by atoms with E-state index in [2.05, 4.69) is 39.8 Å². The second-order valence-electron chi connectivity index (χ2n) is 6.39. The van der Waals surface area contributed by atoms with Crippen molar-refractivity contribution < 1.29 is 14.3 Å². The minimum Gasteiger partial charge on any atom is -0.463 e. The Morgan fingerprint density at radius 3 is 1.60 bits per heavy atom. The number of carbonyl (C=O) groups is 2. The largest absolute Gasteiger partial charge is 0.463 e. The molecule has 0 aromatic rings. The van der Waals surface area contributed by atoms with Crippen LogP contribution in [0.15, 0.2) is 46.6 Å². The summed E-state index contributed by atoms with van der Waals surface area (Å²) < 4.78 is 4.86. The molecule has 0 aliphatic carbocycles. The van der Waals surface area contributed by atoms with Crippen molar-refractivity contribution in [3.63, 3.8) is 0 Å². The molecule has 0 saturated carbocycles. The van der Waals surface area contributed by atoms with Gasteiger partial charge in [0, 0.05) is 5.57 Å². The van der Waals surface area contributed by atoms with Gasteiger partial charge < -0.3 is 4.74 Å². The highest BCUT2D eigenvalue weighted by molar-refractivity contribution is 5.87. The molecular formula is C22H36O3. The Hall–Kier alpha value is -1.90. The summed E-state index contributed by atoms with van der Waals surface area (Å²) in [5.74, 6) is -0.204. The van der Waals surface area contributed by atoms with Crippen molar-refractivity contribution in [3.8, 4) is 0 Å². The van der Waals surface area contributed by atoms with Crippen molar-refractivity contribution in [2.75, 3.05) is 6.61 Å². The van der Waals surface area contributed by atoms with Crippen LogP contribution < -0.4 is 0 Å². The molecule has 3 nitrogen and oxygen atoms in total. The Bertz CT molecular complexity index is 497. The second kappa shape index (κ2) is 16.9. The van der Waals surface area contributed by atoms with Crippen LogP contribution in [0.3, 0.4) is 0 Å². The summed E-state index contributed by atoms with van der Waals surface area (Å²) >= 11 is 0. The summed E-state index contributed by atoms with van der Waals surface area (Å²) in [4.78, 5) is 21.3. The maximum Gasteiger partial charge on any atom is 0.333 e. The number of hydrogen-bond donors (Lipinski definition) is 0. The van der Waals surface area contributed by atoms with Crippen LogP contribution in [-0.2, 0) is 14.3 Å². The molecule has 0 aliphatic rings. The van der Waals surface area contributed by atoms with Gasteiger partial charge in [0.25, 0.3) is 0 Å². The zero-order valence-corrected chi connectivity index (χ0v) is 17.1. The number of esters is 1. The van der Waals surface area contributed by atoms with Crippen LogP contribution in [0.25, 0.3) is 0 Å². The lowest BCUT2D eigenvalue weighted by Crippen LogP contribution is -2.04. The van der Waals surface area contributed by atoms with Gasteiger partial charge in [-0.05, 0) is 79.7 Å². The molecule has 0 amide bonds. The SMILES string of the molecule is CC(C)=CCC/C=C(/C)C=O.CCOC(=O)/C(C)=C\CCC=C(C)C. The monoisotopic (exact) mass is 348 g/mol. The van der Waals surface area contributed by atoms with Crippen LogP contribution in [0.4, 0.5) is 0 Å². The molecule has 0 heterocycles. The molecule has 0 rings (SSSR count). The number of allylic oxidation sites excluding steroid dienone is 7. The maximum atomic E-state index is 11.2. The molecule has 0 aromatic carbocycles. The molecule has 0 aromatic heterocycles. The van der Waals surface area contributed by atoms with E-state index < -0.39 is 0 Å². The van der Waals surface area contributed by atoms with Crippen molar-refractivity contribution in [2.45, 2.75) is 74.1 Å². The lowest BCUT2D eigenvalue weighted by atomic mass is 10.2. The van der Waals surface area contributed by atoms with Gasteiger partial charge in [0.05, 0.1) is 6.61 Å². The highest BCUT2D eigenvalue weighted by Gasteiger charge is 2.02. The Labute approximate surface area is 154 Å². The first kappa shape index (κ1) is 25.3. The number of aldehydes is 1. The number of rotatable bonds is 9. The first-order chi connectivity index (χ1) is 11.7. The van der Waals surface area contributed by atoms with E-state index in [0.717, 1.165) is 37.5 Å². The number of ether oxygens (including phenoxy) is 1. The van der Waals surface area contributed by atoms with Crippen LogP contribution in [0.1, 0.15) is 74.1 Å². The predicted octanol–water partition coefficient (Wildman–Crippen LogP) is 6.12. The molecule has 0 aliphatic heterocycles. The summed E-state index contributed by atoms with van der Waals surface area (Å²) in [6.07, 6.45) is 13.0. The molecule has 0 atom stereocenters. The third-order valence-corrected chi connectivity index (χ3v) is 3.14. The molecule has 0 N–H and O–H groups in total. The van der Waals surface area contributed by atoms with Crippen LogP contribution in [0.2, 0.25) is 0 Å². The van der Waals surface area contributed by atoms with Gasteiger partial charge in [-0.15, -0.1) is 0 Å². The van der Waals surface area contributed by atoms with Gasteiger partial charge in [-0.2, -0.15) is 0 Å². The number of unbranched alkanes of at least 4 members (excludes halogenated alkanes) is 2. The quantitative estimate of drug-likeness (QED) is 0.166. The number of hydrogen-bond acceptors (Lipinski definition) is 3. The summed E-state index contributed by atoms with van der Waals surface area (Å²) in [5.41, 5.74) is 4.18. The second-order valence-corrected chi connectivity index (χ2v) is 6.39. The van der Waals surface area contributed by atoms with Crippen molar-refractivity contribution in [1.29, 1.82) is 0 Å². The van der Waals surface area contributed by atoms with E-state index in [1.165, 1.54) is 11.1 Å². The first-order valence-electron chi connectivity index (χ1n) is 8.97. The van der Waals surface area contributed by atoms with E-state index in [4.69, 9.17) is 4.74 Å². The van der Waals surface area contributed by atoms with Crippen LogP contribution in [0.5, 0.6) is 0 Å². The minimum atomic E-state index is -0.204. The smallest absolute Gasteiger partial charge is 0.333 e. The maximum absolute atomic E-state index is 11.2. The first-order valence-corrected chi connectivity index (χ1v) is 8.97. The summed E-state index contributed by atoms with van der Waals surface area (Å²) in [6, 6.07) is 0. The molecular weight excluding hydrogens is 312 g/mol. The fraction of sp³-hybridized carbons (Fsp3) is 0.545. The van der Waals surface area contributed by atoms with Gasteiger partial charge in [0.1, 0.15) is 6.29 Å². The minimum absolute atomic E-state index is 0.204. The highest BCUT2D eigenvalue weighted by atomic mass is 16.5. The van der Waals surface area contributed by atoms with E-state index in [-0.39, 0.29) is 5.97 Å². The topological polar surface area (TPSA) is 43.4 Å².